The number of likely N-dealkylation sites (N-methyl/N-ethyl adjacent to an activating group) is 1. The first-order chi connectivity index (χ1) is 22.6. The highest BCUT2D eigenvalue weighted by Crippen LogP contribution is 2.44. The number of halogens is 4. The van der Waals surface area contributed by atoms with Gasteiger partial charge in [-0.25, -0.2) is 20.3 Å². The Bertz CT molecular complexity index is 1840. The first-order valence-electron chi connectivity index (χ1n) is 15.3. The summed E-state index contributed by atoms with van der Waals surface area (Å²) >= 11 is 13.7. The molecule has 0 saturated carbocycles. The molecule has 1 amide bonds. The molecule has 242 valence electrons. The molecule has 5 atom stereocenters. The summed E-state index contributed by atoms with van der Waals surface area (Å²) in [5.74, 6) is -2.29. The van der Waals surface area contributed by atoms with E-state index in [0.29, 0.717) is 28.7 Å². The Morgan fingerprint density at radius 1 is 1.19 bits per heavy atom. The number of fused-ring (bicyclic) bond motifs is 2. The van der Waals surface area contributed by atoms with Crippen molar-refractivity contribution in [1.82, 2.24) is 14.7 Å². The third-order valence-corrected chi connectivity index (χ3v) is 9.91. The molecule has 8 nitrogen and oxygen atoms in total. The first kappa shape index (κ1) is 32.7. The van der Waals surface area contributed by atoms with Crippen LogP contribution in [0.25, 0.3) is 21.2 Å². The first-order valence-corrected chi connectivity index (χ1v) is 16.1. The van der Waals surface area contributed by atoms with E-state index in [1.807, 2.05) is 65.4 Å². The molecule has 2 aromatic carbocycles. The number of hydrogen-bond donors (Lipinski definition) is 0. The van der Waals surface area contributed by atoms with Gasteiger partial charge in [-0.05, 0) is 42.1 Å². The van der Waals surface area contributed by atoms with Crippen LogP contribution in [0.1, 0.15) is 12.0 Å². The van der Waals surface area contributed by atoms with E-state index < -0.39 is 35.9 Å². The van der Waals surface area contributed by atoms with Crippen molar-refractivity contribution < 1.29 is 18.3 Å². The zero-order valence-corrected chi connectivity index (χ0v) is 27.2. The summed E-state index contributed by atoms with van der Waals surface area (Å²) < 4.78 is 34.3. The number of aliphatic imine (C=N–C) groups is 1. The summed E-state index contributed by atoms with van der Waals surface area (Å²) in [6, 6.07) is 12.5. The van der Waals surface area contributed by atoms with E-state index in [9.17, 15) is 18.8 Å². The van der Waals surface area contributed by atoms with Crippen molar-refractivity contribution >= 4 is 51.4 Å². The molecule has 2 unspecified atom stereocenters. The number of allylic oxidation sites excluding steroid dienone is 2. The third-order valence-electron chi connectivity index (χ3n) is 9.26. The maximum absolute atomic E-state index is 14.2. The van der Waals surface area contributed by atoms with Gasteiger partial charge in [-0.2, -0.15) is 5.26 Å². The third kappa shape index (κ3) is 6.26. The van der Waals surface area contributed by atoms with Crippen molar-refractivity contribution in [3.63, 3.8) is 0 Å². The average Bonchev–Trinajstić information content (AvgIpc) is 3.38. The van der Waals surface area contributed by atoms with Crippen LogP contribution >= 0.6 is 23.2 Å². The molecule has 1 aliphatic carbocycles. The van der Waals surface area contributed by atoms with E-state index in [1.54, 1.807) is 0 Å². The molecule has 0 radical (unpaired) electrons. The zero-order valence-electron chi connectivity index (χ0n) is 25.7. The van der Waals surface area contributed by atoms with Crippen molar-refractivity contribution in [2.45, 2.75) is 30.7 Å². The number of piperazine rings is 1. The van der Waals surface area contributed by atoms with Crippen molar-refractivity contribution in [2.75, 3.05) is 46.4 Å². The fourth-order valence-corrected chi connectivity index (χ4v) is 7.58. The zero-order chi connectivity index (χ0) is 33.4. The Balaban J connectivity index is 1.42. The van der Waals surface area contributed by atoms with Crippen LogP contribution < -0.4 is 0 Å². The Labute approximate surface area is 282 Å². The van der Waals surface area contributed by atoms with E-state index in [4.69, 9.17) is 39.5 Å². The van der Waals surface area contributed by atoms with Gasteiger partial charge in [0.1, 0.15) is 30.5 Å². The number of alkyl halides is 1. The molecule has 12 heteroatoms. The van der Waals surface area contributed by atoms with Gasteiger partial charge in [-0.15, -0.1) is 0 Å². The number of hydrogen-bond acceptors (Lipinski definition) is 6. The van der Waals surface area contributed by atoms with Gasteiger partial charge in [0.2, 0.25) is 12.4 Å². The molecular formula is C35H32Cl2F2N6O2. The van der Waals surface area contributed by atoms with Crippen LogP contribution in [0, 0.1) is 23.8 Å². The molecule has 4 aliphatic rings. The van der Waals surface area contributed by atoms with Crippen LogP contribution in [0.4, 0.5) is 8.78 Å². The molecular weight excluding hydrogens is 645 g/mol. The van der Waals surface area contributed by atoms with E-state index in [0.717, 1.165) is 21.9 Å². The molecule has 0 spiro atoms. The average molecular weight is 678 g/mol. The second kappa shape index (κ2) is 13.5. The summed E-state index contributed by atoms with van der Waals surface area (Å²) in [7, 11) is 1.83. The number of benzene rings is 2. The van der Waals surface area contributed by atoms with Gasteiger partial charge in [0.25, 0.3) is 5.91 Å². The van der Waals surface area contributed by atoms with E-state index in [1.165, 1.54) is 4.90 Å². The van der Waals surface area contributed by atoms with Crippen LogP contribution in [-0.4, -0.2) is 97.2 Å². The molecule has 3 heterocycles. The van der Waals surface area contributed by atoms with Gasteiger partial charge in [-0.3, -0.25) is 9.69 Å². The van der Waals surface area contributed by atoms with Crippen molar-refractivity contribution in [1.29, 1.82) is 5.26 Å². The number of rotatable bonds is 6. The lowest BCUT2D eigenvalue weighted by Gasteiger charge is -2.44. The highest BCUT2D eigenvalue weighted by molar-refractivity contribution is 6.39. The molecule has 3 aliphatic heterocycles. The topological polar surface area (TPSA) is 76.5 Å². The van der Waals surface area contributed by atoms with Gasteiger partial charge in [-0.1, -0.05) is 66.2 Å². The van der Waals surface area contributed by atoms with Gasteiger partial charge >= 0.3 is 0 Å². The quantitative estimate of drug-likeness (QED) is 0.271. The predicted octanol–water partition coefficient (Wildman–Crippen LogP) is 6.16. The number of nitrogens with zero attached hydrogens (tertiary/aromatic N) is 6. The van der Waals surface area contributed by atoms with Gasteiger partial charge < -0.3 is 19.4 Å². The van der Waals surface area contributed by atoms with Crippen LogP contribution in [0.15, 0.2) is 82.3 Å². The molecule has 0 aromatic heterocycles. The van der Waals surface area contributed by atoms with Crippen LogP contribution in [0.5, 0.6) is 0 Å². The number of ether oxygens (including phenoxy) is 1. The minimum absolute atomic E-state index is 0.0584. The maximum Gasteiger partial charge on any atom is 0.282 e. The number of amides is 1. The van der Waals surface area contributed by atoms with E-state index in [-0.39, 0.29) is 50.3 Å². The number of carbonyl (C=O) groups is 1. The van der Waals surface area contributed by atoms with Crippen LogP contribution in [0.2, 0.25) is 5.02 Å². The molecule has 6 rings (SSSR count). The molecule has 2 fully saturated rings. The molecule has 2 aromatic rings. The summed E-state index contributed by atoms with van der Waals surface area (Å²) in [6.07, 6.45) is 3.17. The number of nitriles is 1. The van der Waals surface area contributed by atoms with Gasteiger partial charge in [0.05, 0.1) is 6.04 Å². The highest BCUT2D eigenvalue weighted by Gasteiger charge is 2.42. The summed E-state index contributed by atoms with van der Waals surface area (Å²) in [6.45, 7) is 11.6. The van der Waals surface area contributed by atoms with Gasteiger partial charge in [0.15, 0.2) is 5.83 Å². The highest BCUT2D eigenvalue weighted by atomic mass is 35.5. The van der Waals surface area contributed by atoms with E-state index >= 15 is 0 Å². The lowest BCUT2D eigenvalue weighted by molar-refractivity contribution is -0.132. The van der Waals surface area contributed by atoms with Crippen molar-refractivity contribution in [3.8, 4) is 6.07 Å². The molecule has 0 bridgehead atoms. The minimum atomic E-state index is -1.09. The fraction of sp³-hybridized carbons (Fsp3) is 0.371. The summed E-state index contributed by atoms with van der Waals surface area (Å²) in [5.41, 5.74) is 2.36. The Kier molecular flexibility index (Phi) is 9.39. The SMILES string of the molecule is [C-]#[N+]C[C@H]1CN(C2=C(C#N)C(OC[C@@H]3C[C@@H](F)CN3C)=NC3C=C(c4cccc5cccc(Cl)c45)C(Cl)=CC23)CCN1C(=O)C(=C)F. The second-order valence-electron chi connectivity index (χ2n) is 12.1. The number of dihydropyridines is 1. The predicted molar refractivity (Wildman–Crippen MR) is 179 cm³/mol. The lowest BCUT2D eigenvalue weighted by Crippen LogP contribution is -2.57. The van der Waals surface area contributed by atoms with Crippen LogP contribution in [-0.2, 0) is 9.53 Å². The Hall–Kier alpha value is -4.22. The standard InChI is InChI=1S/C35H32Cl2F2N6O2/c1-20(38)35(46)45-11-10-44(18-24(45)16-41-2)33-27-13-30(37)26(25-8-4-6-21-7-5-9-29(36)32(21)25)14-31(27)42-34(28(33)15-40)47-19-23-12-22(39)17-43(23)3/h4-9,13-14,22-24,27,31H,1,10-12,16-19H2,3H3/t22-,23+,24+,27?,31?/m1/s1. The summed E-state index contributed by atoms with van der Waals surface area (Å²) in [5, 5.41) is 13.4. The number of likely N-dealkylation sites (tertiary alicyclic amines) is 1. The largest absolute Gasteiger partial charge is 0.475 e. The molecule has 47 heavy (non-hydrogen) atoms. The monoisotopic (exact) mass is 676 g/mol. The lowest BCUT2D eigenvalue weighted by atomic mass is 9.82. The van der Waals surface area contributed by atoms with Crippen molar-refractivity contribution in [3.05, 3.63) is 99.3 Å². The summed E-state index contributed by atoms with van der Waals surface area (Å²) in [4.78, 5) is 26.2. The minimum Gasteiger partial charge on any atom is -0.475 e. The molecule has 2 saturated heterocycles. The van der Waals surface area contributed by atoms with Gasteiger partial charge in [0, 0.05) is 59.3 Å². The second-order valence-corrected chi connectivity index (χ2v) is 13.0. The Morgan fingerprint density at radius 2 is 1.96 bits per heavy atom. The van der Waals surface area contributed by atoms with Crippen molar-refractivity contribution in [2.24, 2.45) is 10.9 Å². The Morgan fingerprint density at radius 3 is 2.64 bits per heavy atom. The molecule has 0 N–H and O–H groups in total. The van der Waals surface area contributed by atoms with Crippen LogP contribution in [0.3, 0.4) is 0 Å². The van der Waals surface area contributed by atoms with E-state index in [2.05, 4.69) is 17.5 Å². The normalized spacial score (nSPS) is 26.2. The smallest absolute Gasteiger partial charge is 0.282 e. The maximum atomic E-state index is 14.2. The number of carbonyl (C=O) groups excluding carboxylic acids is 1. The fourth-order valence-electron chi connectivity index (χ4n) is 7.00.